The number of hydrogen-bond acceptors (Lipinski definition) is 4. The zero-order valence-electron chi connectivity index (χ0n) is 13.8. The minimum absolute atomic E-state index is 0.439. The smallest absolute Gasteiger partial charge is 0.150 e. The van der Waals surface area contributed by atoms with Crippen LogP contribution in [-0.2, 0) is 19.4 Å². The summed E-state index contributed by atoms with van der Waals surface area (Å²) in [6.45, 7) is 4.51. The Morgan fingerprint density at radius 1 is 1.42 bits per heavy atom. The molecule has 0 bridgehead atoms. The summed E-state index contributed by atoms with van der Waals surface area (Å²) < 4.78 is 8.99. The number of hydrogen-bond donors (Lipinski definition) is 1. The van der Waals surface area contributed by atoms with E-state index in [9.17, 15) is 0 Å². The SMILES string of the molecule is CCc1nc2n(n1)CC(NCC1=Cc3cc(Br)ccc3OC1)CC2. The molecular formula is C18H21BrN4O. The third-order valence-corrected chi connectivity index (χ3v) is 5.07. The van der Waals surface area contributed by atoms with Crippen LogP contribution in [0.5, 0.6) is 5.75 Å². The van der Waals surface area contributed by atoms with Crippen LogP contribution in [0, 0.1) is 0 Å². The molecule has 0 radical (unpaired) electrons. The van der Waals surface area contributed by atoms with Crippen molar-refractivity contribution in [3.8, 4) is 5.75 Å². The summed E-state index contributed by atoms with van der Waals surface area (Å²) in [5.74, 6) is 3.04. The molecule has 1 N–H and O–H groups in total. The van der Waals surface area contributed by atoms with Gasteiger partial charge in [-0.05, 0) is 36.3 Å². The number of rotatable bonds is 4. The van der Waals surface area contributed by atoms with E-state index in [1.807, 2.05) is 12.1 Å². The Bertz CT molecular complexity index is 783. The van der Waals surface area contributed by atoms with Crippen LogP contribution in [0.15, 0.2) is 28.2 Å². The molecule has 0 saturated carbocycles. The first kappa shape index (κ1) is 15.8. The van der Waals surface area contributed by atoms with E-state index in [-0.39, 0.29) is 0 Å². The van der Waals surface area contributed by atoms with Crippen LogP contribution >= 0.6 is 15.9 Å². The van der Waals surface area contributed by atoms with Gasteiger partial charge in [-0.25, -0.2) is 9.67 Å². The molecule has 0 amide bonds. The largest absolute Gasteiger partial charge is 0.489 e. The van der Waals surface area contributed by atoms with Gasteiger partial charge in [0.05, 0.1) is 6.54 Å². The minimum atomic E-state index is 0.439. The summed E-state index contributed by atoms with van der Waals surface area (Å²) in [7, 11) is 0. The van der Waals surface area contributed by atoms with Crippen molar-refractivity contribution < 1.29 is 4.74 Å². The van der Waals surface area contributed by atoms with Gasteiger partial charge in [0.15, 0.2) is 5.82 Å². The van der Waals surface area contributed by atoms with E-state index in [4.69, 9.17) is 4.74 Å². The Labute approximate surface area is 150 Å². The quantitative estimate of drug-likeness (QED) is 0.874. The molecule has 1 aromatic carbocycles. The number of halogens is 1. The van der Waals surface area contributed by atoms with E-state index in [1.165, 1.54) is 5.57 Å². The standard InChI is InChI=1S/C18H21BrN4O/c1-2-17-21-18-6-4-15(10-23(18)22-17)20-9-12-7-13-8-14(19)3-5-16(13)24-11-12/h3,5,7-8,15,20H,2,4,6,9-11H2,1H3. The highest BCUT2D eigenvalue weighted by atomic mass is 79.9. The van der Waals surface area contributed by atoms with Crippen LogP contribution in [0.2, 0.25) is 0 Å². The summed E-state index contributed by atoms with van der Waals surface area (Å²) in [5.41, 5.74) is 2.42. The van der Waals surface area contributed by atoms with Crippen molar-refractivity contribution in [1.82, 2.24) is 20.1 Å². The molecule has 0 spiro atoms. The Kier molecular flexibility index (Phi) is 4.41. The molecule has 3 heterocycles. The number of nitrogens with one attached hydrogen (secondary N) is 1. The van der Waals surface area contributed by atoms with Crippen molar-refractivity contribution in [3.05, 3.63) is 45.5 Å². The number of ether oxygens (including phenoxy) is 1. The average molecular weight is 389 g/mol. The van der Waals surface area contributed by atoms with Crippen molar-refractivity contribution in [2.45, 2.75) is 38.8 Å². The predicted octanol–water partition coefficient (Wildman–Crippen LogP) is 2.98. The van der Waals surface area contributed by atoms with Gasteiger partial charge in [0.2, 0.25) is 0 Å². The van der Waals surface area contributed by atoms with Gasteiger partial charge < -0.3 is 10.1 Å². The second kappa shape index (κ2) is 6.69. The zero-order valence-corrected chi connectivity index (χ0v) is 15.3. The van der Waals surface area contributed by atoms with E-state index in [0.717, 1.165) is 59.8 Å². The lowest BCUT2D eigenvalue weighted by Crippen LogP contribution is -2.39. The topological polar surface area (TPSA) is 52.0 Å². The molecule has 1 unspecified atom stereocenters. The maximum absolute atomic E-state index is 5.85. The van der Waals surface area contributed by atoms with Crippen LogP contribution in [-0.4, -0.2) is 34.0 Å². The fraction of sp³-hybridized carbons (Fsp3) is 0.444. The van der Waals surface area contributed by atoms with Gasteiger partial charge in [0, 0.05) is 35.5 Å². The van der Waals surface area contributed by atoms with Crippen LogP contribution in [0.1, 0.15) is 30.6 Å². The second-order valence-electron chi connectivity index (χ2n) is 6.37. The molecule has 4 rings (SSSR count). The Morgan fingerprint density at radius 3 is 3.21 bits per heavy atom. The number of nitrogens with zero attached hydrogens (tertiary/aromatic N) is 3. The lowest BCUT2D eigenvalue weighted by molar-refractivity contribution is 0.330. The van der Waals surface area contributed by atoms with Crippen molar-refractivity contribution >= 4 is 22.0 Å². The molecule has 6 heteroatoms. The van der Waals surface area contributed by atoms with Crippen molar-refractivity contribution in [1.29, 1.82) is 0 Å². The minimum Gasteiger partial charge on any atom is -0.489 e. The van der Waals surface area contributed by atoms with Crippen LogP contribution in [0.4, 0.5) is 0 Å². The molecule has 5 nitrogen and oxygen atoms in total. The molecule has 24 heavy (non-hydrogen) atoms. The number of benzene rings is 1. The lowest BCUT2D eigenvalue weighted by atomic mass is 10.1. The van der Waals surface area contributed by atoms with Crippen molar-refractivity contribution in [2.75, 3.05) is 13.2 Å². The van der Waals surface area contributed by atoms with E-state index in [0.29, 0.717) is 12.6 Å². The monoisotopic (exact) mass is 388 g/mol. The Morgan fingerprint density at radius 2 is 2.33 bits per heavy atom. The Hall–Kier alpha value is -1.66. The highest BCUT2D eigenvalue weighted by molar-refractivity contribution is 9.10. The van der Waals surface area contributed by atoms with E-state index in [2.05, 4.69) is 55.1 Å². The number of aromatic nitrogens is 3. The molecule has 1 aromatic heterocycles. The zero-order chi connectivity index (χ0) is 16.5. The lowest BCUT2D eigenvalue weighted by Gasteiger charge is -2.25. The number of aryl methyl sites for hydroxylation is 2. The van der Waals surface area contributed by atoms with Gasteiger partial charge in [-0.1, -0.05) is 22.9 Å². The summed E-state index contributed by atoms with van der Waals surface area (Å²) in [5, 5.41) is 8.23. The van der Waals surface area contributed by atoms with Crippen LogP contribution < -0.4 is 10.1 Å². The molecule has 126 valence electrons. The number of fused-ring (bicyclic) bond motifs is 2. The van der Waals surface area contributed by atoms with Crippen LogP contribution in [0.25, 0.3) is 6.08 Å². The van der Waals surface area contributed by atoms with Gasteiger partial charge >= 0.3 is 0 Å². The molecule has 0 fully saturated rings. The third-order valence-electron chi connectivity index (χ3n) is 4.58. The summed E-state index contributed by atoms with van der Waals surface area (Å²) >= 11 is 3.52. The third kappa shape index (κ3) is 3.26. The summed E-state index contributed by atoms with van der Waals surface area (Å²) in [6, 6.07) is 6.56. The predicted molar refractivity (Wildman–Crippen MR) is 97.1 cm³/mol. The molecule has 0 aliphatic carbocycles. The molecule has 2 aliphatic rings. The molecule has 2 aliphatic heterocycles. The van der Waals surface area contributed by atoms with Gasteiger partial charge in [0.1, 0.15) is 18.2 Å². The maximum atomic E-state index is 5.85. The molecular weight excluding hydrogens is 368 g/mol. The van der Waals surface area contributed by atoms with E-state index >= 15 is 0 Å². The van der Waals surface area contributed by atoms with E-state index in [1.54, 1.807) is 0 Å². The fourth-order valence-electron chi connectivity index (χ4n) is 3.25. The normalized spacial score (nSPS) is 19.2. The first-order valence-electron chi connectivity index (χ1n) is 8.49. The van der Waals surface area contributed by atoms with Crippen molar-refractivity contribution in [2.24, 2.45) is 0 Å². The highest BCUT2D eigenvalue weighted by Crippen LogP contribution is 2.29. The van der Waals surface area contributed by atoms with Crippen LogP contribution in [0.3, 0.4) is 0 Å². The fourth-order valence-corrected chi connectivity index (χ4v) is 3.63. The van der Waals surface area contributed by atoms with Gasteiger partial charge in [-0.2, -0.15) is 5.10 Å². The molecule has 0 saturated heterocycles. The first-order chi connectivity index (χ1) is 11.7. The molecule has 2 aromatic rings. The molecule has 1 atom stereocenters. The van der Waals surface area contributed by atoms with Crippen molar-refractivity contribution in [3.63, 3.8) is 0 Å². The highest BCUT2D eigenvalue weighted by Gasteiger charge is 2.21. The summed E-state index contributed by atoms with van der Waals surface area (Å²) in [6.07, 6.45) is 5.24. The van der Waals surface area contributed by atoms with E-state index < -0.39 is 0 Å². The Balaban J connectivity index is 1.39. The van der Waals surface area contributed by atoms with Gasteiger partial charge in [-0.3, -0.25) is 0 Å². The van der Waals surface area contributed by atoms with Gasteiger partial charge in [0.25, 0.3) is 0 Å². The first-order valence-corrected chi connectivity index (χ1v) is 9.28. The average Bonchev–Trinajstić information content (AvgIpc) is 3.02. The summed E-state index contributed by atoms with van der Waals surface area (Å²) in [4.78, 5) is 4.58. The maximum Gasteiger partial charge on any atom is 0.150 e. The van der Waals surface area contributed by atoms with Gasteiger partial charge in [-0.15, -0.1) is 0 Å². The second-order valence-corrected chi connectivity index (χ2v) is 7.29.